The largest absolute Gasteiger partial charge is 0.490 e. The van der Waals surface area contributed by atoms with E-state index in [0.717, 1.165) is 51.2 Å². The van der Waals surface area contributed by atoms with Crippen LogP contribution in [0.4, 0.5) is 5.69 Å². The van der Waals surface area contributed by atoms with Gasteiger partial charge in [-0.25, -0.2) is 0 Å². The van der Waals surface area contributed by atoms with E-state index < -0.39 is 0 Å². The van der Waals surface area contributed by atoms with E-state index in [0.29, 0.717) is 23.4 Å². The normalized spacial score (nSPS) is 18.2. The van der Waals surface area contributed by atoms with Crippen LogP contribution >= 0.6 is 45.6 Å². The van der Waals surface area contributed by atoms with E-state index >= 15 is 0 Å². The first-order valence-electron chi connectivity index (χ1n) is 10.7. The van der Waals surface area contributed by atoms with Crippen LogP contribution in [0.3, 0.4) is 0 Å². The second kappa shape index (κ2) is 13.1. The summed E-state index contributed by atoms with van der Waals surface area (Å²) in [5.74, 6) is 1.25. The lowest BCUT2D eigenvalue weighted by molar-refractivity contribution is 0.0595. The van der Waals surface area contributed by atoms with Gasteiger partial charge in [-0.15, -0.1) is 0 Å². The second-order valence-electron chi connectivity index (χ2n) is 7.75. The number of nitrogens with zero attached hydrogens (tertiary/aromatic N) is 2. The predicted octanol–water partition coefficient (Wildman–Crippen LogP) is 4.42. The molecule has 1 aliphatic carbocycles. The van der Waals surface area contributed by atoms with Gasteiger partial charge >= 0.3 is 4.05 Å². The summed E-state index contributed by atoms with van der Waals surface area (Å²) in [6.45, 7) is 2.29. The molecular formula is C21H28BClIN3O4S. The quantitative estimate of drug-likeness (QED) is 0.364. The summed E-state index contributed by atoms with van der Waals surface area (Å²) < 4.78 is 12.4. The van der Waals surface area contributed by atoms with E-state index in [1.165, 1.54) is 22.7 Å². The van der Waals surface area contributed by atoms with Crippen LogP contribution < -0.4 is 15.6 Å². The van der Waals surface area contributed by atoms with Crippen LogP contribution in [0.5, 0.6) is 5.75 Å². The van der Waals surface area contributed by atoms with E-state index in [1.807, 2.05) is 52.9 Å². The summed E-state index contributed by atoms with van der Waals surface area (Å²) >= 11 is 9.65. The minimum atomic E-state index is -0.339. The van der Waals surface area contributed by atoms with E-state index in [1.54, 1.807) is 6.20 Å². The smallest absolute Gasteiger partial charge is 0.432 e. The van der Waals surface area contributed by atoms with E-state index in [9.17, 15) is 4.79 Å². The third-order valence-electron chi connectivity index (χ3n) is 5.39. The first kappa shape index (κ1) is 25.7. The van der Waals surface area contributed by atoms with Crippen molar-refractivity contribution in [1.82, 2.24) is 9.78 Å². The summed E-state index contributed by atoms with van der Waals surface area (Å²) in [6, 6.07) is 7.38. The van der Waals surface area contributed by atoms with Gasteiger partial charge in [-0.2, -0.15) is 21.4 Å². The van der Waals surface area contributed by atoms with Crippen molar-refractivity contribution in [3.63, 3.8) is 0 Å². The van der Waals surface area contributed by atoms with Gasteiger partial charge in [0.15, 0.2) is 0 Å². The number of hydrogen-bond donors (Lipinski definition) is 2. The second-order valence-corrected chi connectivity index (χ2v) is 11.1. The molecule has 11 heteroatoms. The molecule has 1 saturated heterocycles. The van der Waals surface area contributed by atoms with E-state index in [2.05, 4.69) is 10.4 Å². The van der Waals surface area contributed by atoms with Gasteiger partial charge in [-0.1, -0.05) is 34.0 Å². The van der Waals surface area contributed by atoms with Crippen molar-refractivity contribution in [3.05, 3.63) is 45.8 Å². The zero-order valence-electron chi connectivity index (χ0n) is 18.0. The Morgan fingerprint density at radius 3 is 2.62 bits per heavy atom. The van der Waals surface area contributed by atoms with E-state index in [4.69, 9.17) is 26.1 Å². The number of hydrogen-bond acceptors (Lipinski definition) is 7. The topological polar surface area (TPSA) is 85.6 Å². The van der Waals surface area contributed by atoms with Crippen molar-refractivity contribution in [2.75, 3.05) is 31.3 Å². The summed E-state index contributed by atoms with van der Waals surface area (Å²) in [4.78, 5) is 12.6. The highest BCUT2D eigenvalue weighted by Crippen LogP contribution is 2.26. The molecular weight excluding hydrogens is 563 g/mol. The Balaban J connectivity index is 0.000000523. The number of ether oxygens (including phenoxy) is 2. The molecule has 0 radical (unpaired) electrons. The van der Waals surface area contributed by atoms with Gasteiger partial charge in [-0.05, 0) is 68.5 Å². The van der Waals surface area contributed by atoms with Crippen LogP contribution in [-0.4, -0.2) is 51.0 Å². The molecule has 2 fully saturated rings. The zero-order chi connectivity index (χ0) is 22.9. The number of nitrogens with one attached hydrogen (secondary N) is 1. The molecule has 7 nitrogen and oxygen atoms in total. The summed E-state index contributed by atoms with van der Waals surface area (Å²) in [5, 5.41) is 16.0. The molecule has 0 bridgehead atoms. The van der Waals surface area contributed by atoms with Crippen molar-refractivity contribution >= 4 is 55.3 Å². The Bertz CT molecular complexity index is 909. The maximum absolute atomic E-state index is 12.6. The zero-order valence-corrected chi connectivity index (χ0v) is 21.7. The van der Waals surface area contributed by atoms with Gasteiger partial charge in [0.25, 0.3) is 5.56 Å². The molecule has 2 N–H and O–H groups in total. The Labute approximate surface area is 211 Å². The van der Waals surface area contributed by atoms with Gasteiger partial charge < -0.3 is 19.8 Å². The van der Waals surface area contributed by atoms with Crippen molar-refractivity contribution in [3.8, 4) is 11.4 Å². The fourth-order valence-electron chi connectivity index (χ4n) is 3.31. The average Bonchev–Trinajstić information content (AvgIpc) is 2.79. The number of halogens is 2. The Kier molecular flexibility index (Phi) is 10.5. The van der Waals surface area contributed by atoms with Crippen LogP contribution in [0.2, 0.25) is 5.02 Å². The monoisotopic (exact) mass is 591 g/mol. The first-order chi connectivity index (χ1) is 15.5. The molecule has 1 aromatic carbocycles. The maximum atomic E-state index is 12.6. The number of anilines is 1. The lowest BCUT2D eigenvalue weighted by Crippen LogP contribution is -2.27. The SMILES string of the molecule is CSB(O)I.O=c1c(Cl)c(NCC2CCCOC2)cnn1-c1ccc(OC2CCC2)cc1. The molecule has 32 heavy (non-hydrogen) atoms. The molecule has 0 spiro atoms. The molecule has 0 amide bonds. The van der Waals surface area contributed by atoms with Crippen LogP contribution in [0.1, 0.15) is 32.1 Å². The molecule has 174 valence electrons. The summed E-state index contributed by atoms with van der Waals surface area (Å²) in [6.07, 6.45) is 9.42. The van der Waals surface area contributed by atoms with Crippen molar-refractivity contribution in [2.24, 2.45) is 5.92 Å². The third kappa shape index (κ3) is 7.54. The number of aromatic nitrogens is 2. The highest BCUT2D eigenvalue weighted by atomic mass is 127. The fraction of sp³-hybridized carbons (Fsp3) is 0.524. The molecule has 2 aromatic rings. The standard InChI is InChI=1S/C20H24ClN3O3.CH4BIOS/c21-19-18(22-11-14-3-2-10-26-13-14)12-23-24(20(19)25)15-6-8-17(9-7-15)27-16-4-1-5-16;1-5-2(3)4/h6-9,12,14,16,22H,1-5,10-11,13H2;4H,1H3. The minimum Gasteiger partial charge on any atom is -0.490 e. The summed E-state index contributed by atoms with van der Waals surface area (Å²) in [5.41, 5.74) is 0.887. The van der Waals surface area contributed by atoms with Gasteiger partial charge in [0.05, 0.1) is 30.3 Å². The number of rotatable bonds is 7. The van der Waals surface area contributed by atoms with Crippen LogP contribution in [0, 0.1) is 5.92 Å². The molecule has 1 aliphatic heterocycles. The predicted molar refractivity (Wildman–Crippen MR) is 141 cm³/mol. The molecule has 2 heterocycles. The first-order valence-corrected chi connectivity index (χ1v) is 13.6. The van der Waals surface area contributed by atoms with Crippen molar-refractivity contribution in [2.45, 2.75) is 38.2 Å². The molecule has 1 unspecified atom stereocenters. The highest BCUT2D eigenvalue weighted by molar-refractivity contribution is 14.1. The number of benzene rings is 1. The van der Waals surface area contributed by atoms with Crippen LogP contribution in [-0.2, 0) is 4.74 Å². The molecule has 1 atom stereocenters. The molecule has 1 saturated carbocycles. The lowest BCUT2D eigenvalue weighted by atomic mass is 9.96. The lowest BCUT2D eigenvalue weighted by Gasteiger charge is -2.26. The van der Waals surface area contributed by atoms with Gasteiger partial charge in [-0.3, -0.25) is 4.79 Å². The van der Waals surface area contributed by atoms with Gasteiger partial charge in [0, 0.05) is 13.2 Å². The molecule has 1 aromatic heterocycles. The third-order valence-corrected chi connectivity index (χ3v) is 7.67. The van der Waals surface area contributed by atoms with E-state index in [-0.39, 0.29) is 14.6 Å². The Morgan fingerprint density at radius 2 is 2.06 bits per heavy atom. The molecule has 4 rings (SSSR count). The maximum Gasteiger partial charge on any atom is 0.432 e. The summed E-state index contributed by atoms with van der Waals surface area (Å²) in [7, 11) is 0. The van der Waals surface area contributed by atoms with Crippen LogP contribution in [0.15, 0.2) is 35.3 Å². The van der Waals surface area contributed by atoms with Crippen molar-refractivity contribution < 1.29 is 14.5 Å². The minimum absolute atomic E-state index is 0.150. The van der Waals surface area contributed by atoms with Crippen molar-refractivity contribution in [1.29, 1.82) is 0 Å². The van der Waals surface area contributed by atoms with Gasteiger partial charge in [0.2, 0.25) is 0 Å². The average molecular weight is 592 g/mol. The molecule has 2 aliphatic rings. The Hall–Kier alpha value is -0.945. The van der Waals surface area contributed by atoms with Gasteiger partial charge in [0.1, 0.15) is 10.8 Å². The fourth-order valence-corrected chi connectivity index (χ4v) is 3.51. The Morgan fingerprint density at radius 1 is 1.34 bits per heavy atom. The van der Waals surface area contributed by atoms with Crippen LogP contribution in [0.25, 0.3) is 5.69 Å². The highest BCUT2D eigenvalue weighted by Gasteiger charge is 2.19.